The predicted molar refractivity (Wildman–Crippen MR) is 64.3 cm³/mol. The topological polar surface area (TPSA) is 84.9 Å². The lowest BCUT2D eigenvalue weighted by atomic mass is 10.3. The molecule has 100 valence electrons. The van der Waals surface area contributed by atoms with E-state index >= 15 is 0 Å². The van der Waals surface area contributed by atoms with E-state index in [0.29, 0.717) is 24.7 Å². The average molecular weight is 273 g/mol. The lowest BCUT2D eigenvalue weighted by molar-refractivity contribution is 0.171. The smallest absolute Gasteiger partial charge is 0.240 e. The molecule has 1 heterocycles. The third-order valence-electron chi connectivity index (χ3n) is 2.39. The number of aliphatic hydroxyl groups is 1. The van der Waals surface area contributed by atoms with Crippen LogP contribution in [-0.2, 0) is 10.0 Å². The van der Waals surface area contributed by atoms with Gasteiger partial charge >= 0.3 is 0 Å². The maximum absolute atomic E-state index is 11.9. The van der Waals surface area contributed by atoms with E-state index in [2.05, 4.69) is 4.72 Å². The van der Waals surface area contributed by atoms with Gasteiger partial charge in [-0.05, 0) is 19.1 Å². The first kappa shape index (κ1) is 13.1. The molecule has 2 rings (SSSR count). The molecule has 0 saturated carbocycles. The highest BCUT2D eigenvalue weighted by atomic mass is 32.2. The first-order valence-corrected chi connectivity index (χ1v) is 7.05. The zero-order chi connectivity index (χ0) is 13.2. The van der Waals surface area contributed by atoms with Crippen LogP contribution in [0.25, 0.3) is 0 Å². The Morgan fingerprint density at radius 2 is 2.00 bits per heavy atom. The number of sulfonamides is 1. The molecule has 0 amide bonds. The normalized spacial score (nSPS) is 16.3. The quantitative estimate of drug-likeness (QED) is 0.813. The third-order valence-corrected chi connectivity index (χ3v) is 3.81. The lowest BCUT2D eigenvalue weighted by Crippen LogP contribution is -2.30. The Kier molecular flexibility index (Phi) is 3.74. The molecule has 0 radical (unpaired) electrons. The summed E-state index contributed by atoms with van der Waals surface area (Å²) in [6.45, 7) is 2.33. The van der Waals surface area contributed by atoms with Gasteiger partial charge in [-0.3, -0.25) is 0 Å². The van der Waals surface area contributed by atoms with E-state index in [0.717, 1.165) is 0 Å². The Labute approximate surface area is 106 Å². The van der Waals surface area contributed by atoms with Gasteiger partial charge in [-0.1, -0.05) is 0 Å². The van der Waals surface area contributed by atoms with E-state index in [1.54, 1.807) is 6.07 Å². The molecule has 1 aromatic rings. The monoisotopic (exact) mass is 273 g/mol. The van der Waals surface area contributed by atoms with Gasteiger partial charge in [0.1, 0.15) is 13.2 Å². The van der Waals surface area contributed by atoms with Crippen LogP contribution in [0.4, 0.5) is 0 Å². The summed E-state index contributed by atoms with van der Waals surface area (Å²) < 4.78 is 36.7. The SMILES string of the molecule is C[C@H](O)CNS(=O)(=O)c1ccc2c(c1)OCCO2. The second-order valence-electron chi connectivity index (χ2n) is 4.01. The summed E-state index contributed by atoms with van der Waals surface area (Å²) in [6.07, 6.45) is -0.739. The molecule has 1 aliphatic heterocycles. The van der Waals surface area contributed by atoms with Crippen LogP contribution in [-0.4, -0.2) is 39.4 Å². The van der Waals surface area contributed by atoms with Crippen molar-refractivity contribution in [3.63, 3.8) is 0 Å². The number of nitrogens with one attached hydrogen (secondary N) is 1. The fourth-order valence-electron chi connectivity index (χ4n) is 1.50. The molecule has 0 aromatic heterocycles. The zero-order valence-electron chi connectivity index (χ0n) is 9.92. The van der Waals surface area contributed by atoms with Crippen molar-refractivity contribution in [3.05, 3.63) is 18.2 Å². The standard InChI is InChI=1S/C11H15NO5S/c1-8(13)7-12-18(14,15)9-2-3-10-11(6-9)17-5-4-16-10/h2-3,6,8,12-13H,4-5,7H2,1H3/t8-/m0/s1. The van der Waals surface area contributed by atoms with E-state index in [-0.39, 0.29) is 11.4 Å². The second-order valence-corrected chi connectivity index (χ2v) is 5.77. The summed E-state index contributed by atoms with van der Waals surface area (Å²) in [5, 5.41) is 9.08. The summed E-state index contributed by atoms with van der Waals surface area (Å²) in [5.41, 5.74) is 0. The summed E-state index contributed by atoms with van der Waals surface area (Å²) >= 11 is 0. The number of fused-ring (bicyclic) bond motifs is 1. The number of hydrogen-bond donors (Lipinski definition) is 2. The predicted octanol–water partition coefficient (Wildman–Crippen LogP) is 0.117. The minimum absolute atomic E-state index is 0.0310. The number of aliphatic hydroxyl groups excluding tert-OH is 1. The van der Waals surface area contributed by atoms with Crippen molar-refractivity contribution < 1.29 is 23.0 Å². The lowest BCUT2D eigenvalue weighted by Gasteiger charge is -2.19. The number of ether oxygens (including phenoxy) is 2. The van der Waals surface area contributed by atoms with Gasteiger partial charge in [0, 0.05) is 12.6 Å². The molecular weight excluding hydrogens is 258 g/mol. The second kappa shape index (κ2) is 5.13. The van der Waals surface area contributed by atoms with E-state index in [9.17, 15) is 8.42 Å². The Hall–Kier alpha value is -1.31. The van der Waals surface area contributed by atoms with Crippen molar-refractivity contribution in [2.24, 2.45) is 0 Å². The van der Waals surface area contributed by atoms with E-state index < -0.39 is 16.1 Å². The van der Waals surface area contributed by atoms with E-state index in [1.165, 1.54) is 19.1 Å². The van der Waals surface area contributed by atoms with Gasteiger partial charge in [0.05, 0.1) is 11.0 Å². The van der Waals surface area contributed by atoms with Gasteiger partial charge in [0.2, 0.25) is 10.0 Å². The maximum atomic E-state index is 11.9. The Balaban J connectivity index is 2.22. The molecule has 0 fully saturated rings. The van der Waals surface area contributed by atoms with Crippen LogP contribution >= 0.6 is 0 Å². The largest absolute Gasteiger partial charge is 0.486 e. The van der Waals surface area contributed by atoms with Gasteiger partial charge in [0.25, 0.3) is 0 Å². The van der Waals surface area contributed by atoms with Gasteiger partial charge in [-0.25, -0.2) is 13.1 Å². The highest BCUT2D eigenvalue weighted by Gasteiger charge is 2.19. The fourth-order valence-corrected chi connectivity index (χ4v) is 2.64. The van der Waals surface area contributed by atoms with Crippen LogP contribution in [0.5, 0.6) is 11.5 Å². The molecule has 2 N–H and O–H groups in total. The van der Waals surface area contributed by atoms with E-state index in [4.69, 9.17) is 14.6 Å². The highest BCUT2D eigenvalue weighted by Crippen LogP contribution is 2.32. The molecule has 1 aliphatic rings. The Bertz CT molecular complexity index is 526. The first-order chi connectivity index (χ1) is 8.49. The van der Waals surface area contributed by atoms with Crippen LogP contribution in [0, 0.1) is 0 Å². The van der Waals surface area contributed by atoms with Crippen LogP contribution in [0.1, 0.15) is 6.92 Å². The molecular formula is C11H15NO5S. The molecule has 1 atom stereocenters. The molecule has 0 unspecified atom stereocenters. The summed E-state index contributed by atoms with van der Waals surface area (Å²) in [7, 11) is -3.63. The van der Waals surface area contributed by atoms with Crippen LogP contribution in [0.3, 0.4) is 0 Å². The highest BCUT2D eigenvalue weighted by molar-refractivity contribution is 7.89. The maximum Gasteiger partial charge on any atom is 0.240 e. The minimum atomic E-state index is -3.63. The number of rotatable bonds is 4. The summed E-state index contributed by atoms with van der Waals surface area (Å²) in [5.74, 6) is 0.955. The summed E-state index contributed by atoms with van der Waals surface area (Å²) in [4.78, 5) is 0.0902. The molecule has 0 bridgehead atoms. The molecule has 6 nitrogen and oxygen atoms in total. The van der Waals surface area contributed by atoms with Crippen LogP contribution in [0.2, 0.25) is 0 Å². The Morgan fingerprint density at radius 1 is 1.33 bits per heavy atom. The van der Waals surface area contributed by atoms with Gasteiger partial charge < -0.3 is 14.6 Å². The van der Waals surface area contributed by atoms with Crippen LogP contribution in [0.15, 0.2) is 23.1 Å². The van der Waals surface area contributed by atoms with Crippen molar-refractivity contribution in [2.75, 3.05) is 19.8 Å². The van der Waals surface area contributed by atoms with Crippen molar-refractivity contribution in [1.82, 2.24) is 4.72 Å². The minimum Gasteiger partial charge on any atom is -0.486 e. The first-order valence-electron chi connectivity index (χ1n) is 5.56. The van der Waals surface area contributed by atoms with Gasteiger partial charge in [0.15, 0.2) is 11.5 Å². The number of benzene rings is 1. The number of hydrogen-bond acceptors (Lipinski definition) is 5. The molecule has 0 saturated heterocycles. The van der Waals surface area contributed by atoms with Crippen molar-refractivity contribution >= 4 is 10.0 Å². The van der Waals surface area contributed by atoms with E-state index in [1.807, 2.05) is 0 Å². The Morgan fingerprint density at radius 3 is 2.67 bits per heavy atom. The third kappa shape index (κ3) is 2.92. The van der Waals surface area contributed by atoms with Crippen LogP contribution < -0.4 is 14.2 Å². The van der Waals surface area contributed by atoms with Crippen molar-refractivity contribution in [1.29, 1.82) is 0 Å². The molecule has 18 heavy (non-hydrogen) atoms. The molecule has 0 spiro atoms. The molecule has 7 heteroatoms. The average Bonchev–Trinajstić information content (AvgIpc) is 2.36. The zero-order valence-corrected chi connectivity index (χ0v) is 10.7. The fraction of sp³-hybridized carbons (Fsp3) is 0.455. The molecule has 1 aromatic carbocycles. The van der Waals surface area contributed by atoms with Crippen molar-refractivity contribution in [2.45, 2.75) is 17.9 Å². The molecule has 0 aliphatic carbocycles. The van der Waals surface area contributed by atoms with Crippen molar-refractivity contribution in [3.8, 4) is 11.5 Å². The van der Waals surface area contributed by atoms with Gasteiger partial charge in [-0.2, -0.15) is 0 Å². The summed E-state index contributed by atoms with van der Waals surface area (Å²) in [6, 6.07) is 4.42. The van der Waals surface area contributed by atoms with Gasteiger partial charge in [-0.15, -0.1) is 0 Å².